The van der Waals surface area contributed by atoms with E-state index in [9.17, 15) is 14.4 Å². The van der Waals surface area contributed by atoms with Crippen LogP contribution in [0.4, 0.5) is 0 Å². The molecular weight excluding hydrogens is 817 g/mol. The molecule has 374 valence electrons. The fourth-order valence-electron chi connectivity index (χ4n) is 6.96. The first kappa shape index (κ1) is 62.1. The summed E-state index contributed by atoms with van der Waals surface area (Å²) < 4.78 is 16.7. The van der Waals surface area contributed by atoms with Crippen molar-refractivity contribution in [1.29, 1.82) is 0 Å². The van der Waals surface area contributed by atoms with Crippen molar-refractivity contribution in [3.8, 4) is 0 Å². The molecule has 0 aromatic carbocycles. The highest BCUT2D eigenvalue weighted by Crippen LogP contribution is 2.13. The molecule has 0 fully saturated rings. The predicted octanol–water partition coefficient (Wildman–Crippen LogP) is 17.9. The van der Waals surface area contributed by atoms with Gasteiger partial charge in [0.15, 0.2) is 6.10 Å². The van der Waals surface area contributed by atoms with Gasteiger partial charge >= 0.3 is 17.9 Å². The van der Waals surface area contributed by atoms with Crippen LogP contribution in [-0.4, -0.2) is 37.2 Å². The van der Waals surface area contributed by atoms with Gasteiger partial charge in [-0.05, 0) is 109 Å². The van der Waals surface area contributed by atoms with E-state index in [0.29, 0.717) is 19.3 Å². The first-order valence-electron chi connectivity index (χ1n) is 26.9. The van der Waals surface area contributed by atoms with E-state index in [2.05, 4.69) is 130 Å². The monoisotopic (exact) mass is 915 g/mol. The number of esters is 3. The molecule has 0 amide bonds. The first-order valence-corrected chi connectivity index (χ1v) is 26.9. The summed E-state index contributed by atoms with van der Waals surface area (Å²) in [4.78, 5) is 38.0. The quantitative estimate of drug-likeness (QED) is 0.0199. The van der Waals surface area contributed by atoms with Crippen molar-refractivity contribution < 1.29 is 28.6 Å². The third kappa shape index (κ3) is 51.1. The lowest BCUT2D eigenvalue weighted by molar-refractivity contribution is -0.167. The third-order valence-electron chi connectivity index (χ3n) is 11.0. The van der Waals surface area contributed by atoms with Gasteiger partial charge in [0.25, 0.3) is 0 Å². The van der Waals surface area contributed by atoms with Gasteiger partial charge in [0, 0.05) is 19.3 Å². The van der Waals surface area contributed by atoms with Crippen LogP contribution in [0.25, 0.3) is 0 Å². The van der Waals surface area contributed by atoms with E-state index in [1.807, 2.05) is 0 Å². The second kappa shape index (κ2) is 53.7. The number of ether oxygens (including phenoxy) is 3. The molecule has 1 unspecified atom stereocenters. The summed E-state index contributed by atoms with van der Waals surface area (Å²) >= 11 is 0. The summed E-state index contributed by atoms with van der Waals surface area (Å²) in [6.45, 7) is 6.39. The van der Waals surface area contributed by atoms with E-state index in [1.165, 1.54) is 64.2 Å². The van der Waals surface area contributed by atoms with E-state index < -0.39 is 6.10 Å². The summed E-state index contributed by atoms with van der Waals surface area (Å²) in [5.41, 5.74) is 0. The molecule has 66 heavy (non-hydrogen) atoms. The fraction of sp³-hybridized carbons (Fsp3) is 0.650. The largest absolute Gasteiger partial charge is 0.462 e. The molecule has 0 radical (unpaired) electrons. The van der Waals surface area contributed by atoms with Gasteiger partial charge in [-0.25, -0.2) is 0 Å². The number of allylic oxidation sites excluding steroid dienone is 18. The number of hydrogen-bond donors (Lipinski definition) is 0. The van der Waals surface area contributed by atoms with Crippen LogP contribution in [0.2, 0.25) is 0 Å². The number of carbonyl (C=O) groups excluding carboxylic acids is 3. The molecule has 0 bridgehead atoms. The number of rotatable bonds is 47. The molecule has 0 saturated heterocycles. The molecule has 6 nitrogen and oxygen atoms in total. The normalized spacial score (nSPS) is 13.0. The van der Waals surface area contributed by atoms with E-state index >= 15 is 0 Å². The van der Waals surface area contributed by atoms with Crippen molar-refractivity contribution >= 4 is 17.9 Å². The van der Waals surface area contributed by atoms with Crippen molar-refractivity contribution in [2.75, 3.05) is 13.2 Å². The average molecular weight is 915 g/mol. The molecule has 0 aliphatic heterocycles. The van der Waals surface area contributed by atoms with Crippen LogP contribution in [0.3, 0.4) is 0 Å². The topological polar surface area (TPSA) is 78.9 Å². The Hall–Kier alpha value is -3.93. The minimum Gasteiger partial charge on any atom is -0.462 e. The molecule has 0 aliphatic carbocycles. The second-order valence-electron chi connectivity index (χ2n) is 17.5. The zero-order chi connectivity index (χ0) is 47.9. The number of hydrogen-bond acceptors (Lipinski definition) is 6. The highest BCUT2D eigenvalue weighted by atomic mass is 16.6. The highest BCUT2D eigenvalue weighted by molar-refractivity contribution is 5.71. The molecular formula is C60H98O6. The standard InChI is InChI=1S/C60H98O6/c1-4-7-10-13-16-19-22-24-26-28-30-32-33-35-38-41-44-47-50-53-59(62)65-56-57(55-64-58(61)52-49-46-43-40-37-21-18-15-12-9-6-3)66-60(63)54-51-48-45-42-39-36-34-31-29-27-25-23-20-17-14-11-8-5-2/h7,10,15-16,18-19,21,24,26-27,29-32,34-35,37-38,57H,4-6,8-9,11-14,17,20,22-23,25,28,33,36,39-56H2,1-3H3/b10-7-,18-15-,19-16-,26-24-,29-27-,32-30-,34-31-,37-21-,38-35-. The van der Waals surface area contributed by atoms with Crippen LogP contribution in [0.15, 0.2) is 109 Å². The van der Waals surface area contributed by atoms with Crippen LogP contribution in [0.5, 0.6) is 0 Å². The average Bonchev–Trinajstić information content (AvgIpc) is 3.31. The smallest absolute Gasteiger partial charge is 0.306 e. The lowest BCUT2D eigenvalue weighted by Crippen LogP contribution is -2.30. The predicted molar refractivity (Wildman–Crippen MR) is 283 cm³/mol. The maximum atomic E-state index is 12.8. The zero-order valence-corrected chi connectivity index (χ0v) is 42.7. The second-order valence-corrected chi connectivity index (χ2v) is 17.5. The Bertz CT molecular complexity index is 1370. The van der Waals surface area contributed by atoms with E-state index in [0.717, 1.165) is 128 Å². The van der Waals surface area contributed by atoms with E-state index in [1.54, 1.807) is 0 Å². The fourth-order valence-corrected chi connectivity index (χ4v) is 6.96. The SMILES string of the molecule is CC/C=C\C/C=C\C/C=C\C/C=C\C/C=C\CCCCCC(=O)OCC(COC(=O)CCCCC/C=C\C=C/CCCC)OC(=O)CCCCCCC/C=C\C=C/CCCCCCCCC. The van der Waals surface area contributed by atoms with Crippen LogP contribution < -0.4 is 0 Å². The summed E-state index contributed by atoms with van der Waals surface area (Å²) in [7, 11) is 0. The minimum absolute atomic E-state index is 0.111. The van der Waals surface area contributed by atoms with Crippen molar-refractivity contribution in [3.63, 3.8) is 0 Å². The van der Waals surface area contributed by atoms with E-state index in [4.69, 9.17) is 14.2 Å². The lowest BCUT2D eigenvalue weighted by atomic mass is 10.1. The summed E-state index contributed by atoms with van der Waals surface area (Å²) in [5.74, 6) is -0.989. The van der Waals surface area contributed by atoms with Crippen LogP contribution in [-0.2, 0) is 28.6 Å². The summed E-state index contributed by atoms with van der Waals surface area (Å²) in [6, 6.07) is 0. The molecule has 6 heteroatoms. The van der Waals surface area contributed by atoms with Crippen molar-refractivity contribution in [2.45, 2.75) is 239 Å². The lowest BCUT2D eigenvalue weighted by Gasteiger charge is -2.18. The molecule has 0 heterocycles. The van der Waals surface area contributed by atoms with Crippen LogP contribution >= 0.6 is 0 Å². The van der Waals surface area contributed by atoms with E-state index in [-0.39, 0.29) is 31.1 Å². The number of carbonyl (C=O) groups is 3. The molecule has 1 atom stereocenters. The first-order chi connectivity index (χ1) is 32.5. The Morgan fingerprint density at radius 1 is 0.333 bits per heavy atom. The molecule has 0 aromatic heterocycles. The summed E-state index contributed by atoms with van der Waals surface area (Å²) in [6.07, 6.45) is 72.2. The third-order valence-corrected chi connectivity index (χ3v) is 11.0. The van der Waals surface area contributed by atoms with Crippen LogP contribution in [0, 0.1) is 0 Å². The molecule has 0 spiro atoms. The van der Waals surface area contributed by atoms with Gasteiger partial charge in [-0.2, -0.15) is 0 Å². The Balaban J connectivity index is 4.49. The Morgan fingerprint density at radius 3 is 1.08 bits per heavy atom. The Kier molecular flexibility index (Phi) is 50.5. The van der Waals surface area contributed by atoms with Crippen LogP contribution in [0.1, 0.15) is 233 Å². The minimum atomic E-state index is -0.812. The molecule has 0 rings (SSSR count). The molecule has 0 saturated carbocycles. The van der Waals surface area contributed by atoms with Gasteiger partial charge < -0.3 is 14.2 Å². The van der Waals surface area contributed by atoms with Gasteiger partial charge in [0.2, 0.25) is 0 Å². The van der Waals surface area contributed by atoms with Crippen molar-refractivity contribution in [1.82, 2.24) is 0 Å². The maximum absolute atomic E-state index is 12.8. The van der Waals surface area contributed by atoms with Crippen molar-refractivity contribution in [3.05, 3.63) is 109 Å². The maximum Gasteiger partial charge on any atom is 0.306 e. The molecule has 0 N–H and O–H groups in total. The van der Waals surface area contributed by atoms with Gasteiger partial charge in [-0.3, -0.25) is 14.4 Å². The van der Waals surface area contributed by atoms with Gasteiger partial charge in [0.05, 0.1) is 0 Å². The Morgan fingerprint density at radius 2 is 0.652 bits per heavy atom. The van der Waals surface area contributed by atoms with Gasteiger partial charge in [-0.1, -0.05) is 214 Å². The van der Waals surface area contributed by atoms with Gasteiger partial charge in [-0.15, -0.1) is 0 Å². The summed E-state index contributed by atoms with van der Waals surface area (Å²) in [5, 5.41) is 0. The number of unbranched alkanes of at least 4 members (excludes halogenated alkanes) is 20. The van der Waals surface area contributed by atoms with Crippen molar-refractivity contribution in [2.24, 2.45) is 0 Å². The zero-order valence-electron chi connectivity index (χ0n) is 42.7. The Labute approximate surface area is 406 Å². The highest BCUT2D eigenvalue weighted by Gasteiger charge is 2.19. The van der Waals surface area contributed by atoms with Gasteiger partial charge in [0.1, 0.15) is 13.2 Å². The molecule has 0 aromatic rings. The molecule has 0 aliphatic rings.